The molecule has 0 heterocycles. The monoisotopic (exact) mass is 383 g/mol. The molecule has 142 valence electrons. The van der Waals surface area contributed by atoms with Gasteiger partial charge in [0.25, 0.3) is 5.91 Å². The largest absolute Gasteiger partial charge is 0.478 e. The number of amides is 1. The van der Waals surface area contributed by atoms with Crippen molar-refractivity contribution in [3.05, 3.63) is 95.1 Å². The maximum absolute atomic E-state index is 13.6. The molecule has 0 saturated heterocycles. The predicted octanol–water partition coefficient (Wildman–Crippen LogP) is 4.39. The molecule has 0 aromatic heterocycles. The van der Waals surface area contributed by atoms with Crippen LogP contribution in [0.25, 0.3) is 0 Å². The van der Waals surface area contributed by atoms with Crippen molar-refractivity contribution in [2.24, 2.45) is 0 Å². The Balaban J connectivity index is 1.77. The molecule has 7 heteroatoms. The van der Waals surface area contributed by atoms with E-state index < -0.39 is 23.5 Å². The fourth-order valence-corrected chi connectivity index (χ4v) is 2.49. The molecule has 28 heavy (non-hydrogen) atoms. The number of rotatable bonds is 6. The fraction of sp³-hybridized carbons (Fsp3) is 0.0476. The molecule has 0 saturated carbocycles. The molecule has 0 spiro atoms. The first-order valence-corrected chi connectivity index (χ1v) is 8.26. The van der Waals surface area contributed by atoms with Crippen molar-refractivity contribution in [1.29, 1.82) is 0 Å². The summed E-state index contributed by atoms with van der Waals surface area (Å²) < 4.78 is 32.2. The van der Waals surface area contributed by atoms with Gasteiger partial charge in [-0.3, -0.25) is 4.79 Å². The summed E-state index contributed by atoms with van der Waals surface area (Å²) in [6.45, 7) is 0.0767. The molecule has 1 amide bonds. The van der Waals surface area contributed by atoms with Crippen molar-refractivity contribution < 1.29 is 28.2 Å². The number of ether oxygens (including phenoxy) is 1. The SMILES string of the molecule is O=C(O)c1cccc(CNC(=O)c2ccc(F)cc2Oc2ccc(F)cc2)c1. The molecule has 0 radical (unpaired) electrons. The summed E-state index contributed by atoms with van der Waals surface area (Å²) >= 11 is 0. The maximum atomic E-state index is 13.6. The molecule has 3 aromatic rings. The number of hydrogen-bond donors (Lipinski definition) is 2. The third kappa shape index (κ3) is 4.70. The van der Waals surface area contributed by atoms with E-state index in [1.54, 1.807) is 12.1 Å². The molecule has 0 aliphatic rings. The molecule has 0 aliphatic carbocycles. The van der Waals surface area contributed by atoms with E-state index in [9.17, 15) is 18.4 Å². The zero-order valence-corrected chi connectivity index (χ0v) is 14.5. The van der Waals surface area contributed by atoms with E-state index in [1.165, 1.54) is 42.5 Å². The van der Waals surface area contributed by atoms with Gasteiger partial charge in [-0.15, -0.1) is 0 Å². The van der Waals surface area contributed by atoms with E-state index in [0.29, 0.717) is 5.56 Å². The highest BCUT2D eigenvalue weighted by Gasteiger charge is 2.15. The number of carboxylic acid groups (broad SMARTS) is 1. The summed E-state index contributed by atoms with van der Waals surface area (Å²) in [6.07, 6.45) is 0. The van der Waals surface area contributed by atoms with Gasteiger partial charge < -0.3 is 15.2 Å². The summed E-state index contributed by atoms with van der Waals surface area (Å²) in [5.41, 5.74) is 0.783. The van der Waals surface area contributed by atoms with Crippen LogP contribution >= 0.6 is 0 Å². The maximum Gasteiger partial charge on any atom is 0.335 e. The van der Waals surface area contributed by atoms with E-state index in [1.807, 2.05) is 0 Å². The van der Waals surface area contributed by atoms with Crippen LogP contribution in [0.2, 0.25) is 0 Å². The van der Waals surface area contributed by atoms with Gasteiger partial charge >= 0.3 is 5.97 Å². The minimum absolute atomic E-state index is 0.0246. The lowest BCUT2D eigenvalue weighted by Gasteiger charge is -2.12. The number of carbonyl (C=O) groups is 2. The van der Waals surface area contributed by atoms with Crippen molar-refractivity contribution in [1.82, 2.24) is 5.32 Å². The number of halogens is 2. The summed E-state index contributed by atoms with van der Waals surface area (Å²) in [6, 6.07) is 14.7. The average Bonchev–Trinajstić information content (AvgIpc) is 2.68. The number of nitrogens with one attached hydrogen (secondary N) is 1. The van der Waals surface area contributed by atoms with Crippen molar-refractivity contribution in [3.63, 3.8) is 0 Å². The highest BCUT2D eigenvalue weighted by molar-refractivity contribution is 5.97. The average molecular weight is 383 g/mol. The zero-order valence-electron chi connectivity index (χ0n) is 14.5. The third-order valence-corrected chi connectivity index (χ3v) is 3.86. The first-order chi connectivity index (χ1) is 13.4. The van der Waals surface area contributed by atoms with Crippen LogP contribution in [0.1, 0.15) is 26.3 Å². The van der Waals surface area contributed by atoms with Crippen LogP contribution in [0.5, 0.6) is 11.5 Å². The van der Waals surface area contributed by atoms with Crippen LogP contribution in [0.15, 0.2) is 66.7 Å². The van der Waals surface area contributed by atoms with Crippen LogP contribution in [0.3, 0.4) is 0 Å². The molecule has 0 aliphatic heterocycles. The third-order valence-electron chi connectivity index (χ3n) is 3.86. The Hall–Kier alpha value is -3.74. The Labute approximate surface area is 159 Å². The van der Waals surface area contributed by atoms with Crippen LogP contribution in [0, 0.1) is 11.6 Å². The van der Waals surface area contributed by atoms with Gasteiger partial charge in [0.05, 0.1) is 11.1 Å². The molecule has 5 nitrogen and oxygen atoms in total. The van der Waals surface area contributed by atoms with Gasteiger partial charge in [-0.25, -0.2) is 13.6 Å². The molecule has 0 unspecified atom stereocenters. The Morgan fingerprint density at radius 3 is 2.36 bits per heavy atom. The summed E-state index contributed by atoms with van der Waals surface area (Å²) in [7, 11) is 0. The lowest BCUT2D eigenvalue weighted by Crippen LogP contribution is -2.23. The van der Waals surface area contributed by atoms with Crippen molar-refractivity contribution in [2.45, 2.75) is 6.54 Å². The number of aromatic carboxylic acids is 1. The first-order valence-electron chi connectivity index (χ1n) is 8.26. The predicted molar refractivity (Wildman–Crippen MR) is 97.4 cm³/mol. The zero-order chi connectivity index (χ0) is 20.1. The first kappa shape index (κ1) is 19.0. The van der Waals surface area contributed by atoms with E-state index in [0.717, 1.165) is 12.1 Å². The molecular weight excluding hydrogens is 368 g/mol. The van der Waals surface area contributed by atoms with Gasteiger partial charge in [-0.2, -0.15) is 0 Å². The van der Waals surface area contributed by atoms with Gasteiger partial charge in [0.1, 0.15) is 23.1 Å². The Morgan fingerprint density at radius 1 is 0.929 bits per heavy atom. The van der Waals surface area contributed by atoms with E-state index >= 15 is 0 Å². The van der Waals surface area contributed by atoms with Gasteiger partial charge in [0, 0.05) is 12.6 Å². The second-order valence-corrected chi connectivity index (χ2v) is 5.88. The van der Waals surface area contributed by atoms with Gasteiger partial charge in [-0.05, 0) is 54.1 Å². The van der Waals surface area contributed by atoms with Crippen molar-refractivity contribution in [2.75, 3.05) is 0 Å². The lowest BCUT2D eigenvalue weighted by molar-refractivity contribution is 0.0696. The van der Waals surface area contributed by atoms with Gasteiger partial charge in [-0.1, -0.05) is 12.1 Å². The van der Waals surface area contributed by atoms with Gasteiger partial charge in [0.15, 0.2) is 0 Å². The Bertz CT molecular complexity index is 1020. The lowest BCUT2D eigenvalue weighted by atomic mass is 10.1. The van der Waals surface area contributed by atoms with Crippen molar-refractivity contribution in [3.8, 4) is 11.5 Å². The molecule has 2 N–H and O–H groups in total. The van der Waals surface area contributed by atoms with E-state index in [2.05, 4.69) is 5.32 Å². The van der Waals surface area contributed by atoms with Crippen LogP contribution in [-0.4, -0.2) is 17.0 Å². The Morgan fingerprint density at radius 2 is 1.64 bits per heavy atom. The van der Waals surface area contributed by atoms with Crippen molar-refractivity contribution >= 4 is 11.9 Å². The summed E-state index contributed by atoms with van der Waals surface area (Å²) in [5.74, 6) is -2.42. The minimum Gasteiger partial charge on any atom is -0.478 e. The normalized spacial score (nSPS) is 10.4. The van der Waals surface area contributed by atoms with Crippen LogP contribution < -0.4 is 10.1 Å². The highest BCUT2D eigenvalue weighted by atomic mass is 19.1. The molecule has 3 aromatic carbocycles. The second-order valence-electron chi connectivity index (χ2n) is 5.88. The quantitative estimate of drug-likeness (QED) is 0.662. The number of benzene rings is 3. The van der Waals surface area contributed by atoms with Gasteiger partial charge in [0.2, 0.25) is 0 Å². The highest BCUT2D eigenvalue weighted by Crippen LogP contribution is 2.26. The summed E-state index contributed by atoms with van der Waals surface area (Å²) in [5, 5.41) is 11.7. The summed E-state index contributed by atoms with van der Waals surface area (Å²) in [4.78, 5) is 23.5. The van der Waals surface area contributed by atoms with E-state index in [4.69, 9.17) is 9.84 Å². The standard InChI is InChI=1S/C21H15F2NO4/c22-15-4-7-17(8-5-15)28-19-11-16(23)6-9-18(19)20(25)24-12-13-2-1-3-14(10-13)21(26)27/h1-11H,12H2,(H,24,25)(H,26,27). The molecule has 0 fully saturated rings. The molecule has 0 atom stereocenters. The van der Waals surface area contributed by atoms with Crippen LogP contribution in [0.4, 0.5) is 8.78 Å². The topological polar surface area (TPSA) is 75.6 Å². The molecular formula is C21H15F2NO4. The second kappa shape index (κ2) is 8.30. The number of carbonyl (C=O) groups excluding carboxylic acids is 1. The minimum atomic E-state index is -1.07. The fourth-order valence-electron chi connectivity index (χ4n) is 2.49. The molecule has 3 rings (SSSR count). The molecule has 0 bridgehead atoms. The smallest absolute Gasteiger partial charge is 0.335 e. The van der Waals surface area contributed by atoms with E-state index in [-0.39, 0.29) is 29.2 Å². The number of hydrogen-bond acceptors (Lipinski definition) is 3. The van der Waals surface area contributed by atoms with Crippen LogP contribution in [-0.2, 0) is 6.54 Å². The Kier molecular flexibility index (Phi) is 5.64. The number of carboxylic acids is 1.